The van der Waals surface area contributed by atoms with E-state index in [0.717, 1.165) is 5.56 Å². The minimum atomic E-state index is -1.02. The number of hydrogen-bond acceptors (Lipinski definition) is 6. The topological polar surface area (TPSA) is 77.4 Å². The van der Waals surface area contributed by atoms with Gasteiger partial charge in [-0.05, 0) is 12.5 Å². The normalized spacial score (nSPS) is 30.2. The Hall–Kier alpha value is -1.28. The van der Waals surface area contributed by atoms with Crippen LogP contribution in [0.15, 0.2) is 43.0 Å². The Morgan fingerprint density at radius 2 is 1.92 bits per heavy atom. The molecule has 6 nitrogen and oxygen atoms in total. The molecule has 0 amide bonds. The predicted molar refractivity (Wildman–Crippen MR) is 88.3 cm³/mol. The molecule has 1 saturated heterocycles. The SMILES string of the molecule is C=CCO[C@H]1[C@@H](OCC)O[C@H](CO)[C@@H](O)[C@@H]1OCc1ccccc1. The van der Waals surface area contributed by atoms with Crippen molar-refractivity contribution in [1.82, 2.24) is 0 Å². The maximum absolute atomic E-state index is 10.5. The Bertz CT molecular complexity index is 480. The highest BCUT2D eigenvalue weighted by Gasteiger charge is 2.47. The largest absolute Gasteiger partial charge is 0.394 e. The highest BCUT2D eigenvalue weighted by atomic mass is 16.7. The highest BCUT2D eigenvalue weighted by molar-refractivity contribution is 5.13. The van der Waals surface area contributed by atoms with Crippen LogP contribution in [0.4, 0.5) is 0 Å². The van der Waals surface area contributed by atoms with Crippen molar-refractivity contribution in [3.05, 3.63) is 48.6 Å². The zero-order valence-corrected chi connectivity index (χ0v) is 13.9. The van der Waals surface area contributed by atoms with Gasteiger partial charge in [-0.2, -0.15) is 0 Å². The van der Waals surface area contributed by atoms with Gasteiger partial charge in [-0.25, -0.2) is 0 Å². The maximum Gasteiger partial charge on any atom is 0.186 e. The van der Waals surface area contributed by atoms with E-state index in [0.29, 0.717) is 13.2 Å². The lowest BCUT2D eigenvalue weighted by Crippen LogP contribution is -2.60. The Morgan fingerprint density at radius 1 is 1.17 bits per heavy atom. The van der Waals surface area contributed by atoms with Crippen LogP contribution in [0, 0.1) is 0 Å². The van der Waals surface area contributed by atoms with Crippen molar-refractivity contribution in [2.45, 2.75) is 44.2 Å². The van der Waals surface area contributed by atoms with E-state index < -0.39 is 30.7 Å². The molecule has 5 atom stereocenters. The van der Waals surface area contributed by atoms with Gasteiger partial charge < -0.3 is 29.2 Å². The first kappa shape index (κ1) is 19.1. The van der Waals surface area contributed by atoms with Gasteiger partial charge in [0.05, 0.1) is 19.8 Å². The molecule has 1 aromatic rings. The summed E-state index contributed by atoms with van der Waals surface area (Å²) in [5, 5.41) is 20.0. The lowest BCUT2D eigenvalue weighted by molar-refractivity contribution is -0.315. The molecule has 0 unspecified atom stereocenters. The summed E-state index contributed by atoms with van der Waals surface area (Å²) in [5.41, 5.74) is 0.979. The van der Waals surface area contributed by atoms with E-state index in [-0.39, 0.29) is 13.2 Å². The van der Waals surface area contributed by atoms with Gasteiger partial charge in [-0.15, -0.1) is 6.58 Å². The predicted octanol–water partition coefficient (Wildman–Crippen LogP) is 1.26. The number of benzene rings is 1. The Labute approximate surface area is 142 Å². The molecule has 0 aliphatic carbocycles. The molecule has 6 heteroatoms. The third-order valence-electron chi connectivity index (χ3n) is 3.82. The van der Waals surface area contributed by atoms with E-state index in [1.165, 1.54) is 0 Å². The van der Waals surface area contributed by atoms with Crippen LogP contribution < -0.4 is 0 Å². The Balaban J connectivity index is 2.13. The van der Waals surface area contributed by atoms with E-state index in [1.807, 2.05) is 37.3 Å². The van der Waals surface area contributed by atoms with Crippen LogP contribution >= 0.6 is 0 Å². The summed E-state index contributed by atoms with van der Waals surface area (Å²) >= 11 is 0. The molecule has 0 saturated carbocycles. The van der Waals surface area contributed by atoms with Gasteiger partial charge in [-0.3, -0.25) is 0 Å². The number of aliphatic hydroxyl groups excluding tert-OH is 2. The first-order valence-corrected chi connectivity index (χ1v) is 8.15. The molecule has 0 aromatic heterocycles. The third kappa shape index (κ3) is 4.86. The molecule has 0 bridgehead atoms. The van der Waals surface area contributed by atoms with E-state index >= 15 is 0 Å². The molecule has 0 radical (unpaired) electrons. The van der Waals surface area contributed by atoms with Crippen LogP contribution in [0.3, 0.4) is 0 Å². The van der Waals surface area contributed by atoms with Crippen molar-refractivity contribution in [1.29, 1.82) is 0 Å². The lowest BCUT2D eigenvalue weighted by Gasteiger charge is -2.43. The fourth-order valence-electron chi connectivity index (χ4n) is 2.65. The second kappa shape index (κ2) is 9.88. The summed E-state index contributed by atoms with van der Waals surface area (Å²) in [7, 11) is 0. The van der Waals surface area contributed by atoms with Crippen LogP contribution in [-0.2, 0) is 25.6 Å². The van der Waals surface area contributed by atoms with Gasteiger partial charge in [0.1, 0.15) is 24.4 Å². The number of hydrogen-bond donors (Lipinski definition) is 2. The summed E-state index contributed by atoms with van der Waals surface area (Å²) in [6.45, 7) is 6.15. The van der Waals surface area contributed by atoms with Gasteiger partial charge >= 0.3 is 0 Å². The highest BCUT2D eigenvalue weighted by Crippen LogP contribution is 2.27. The molecular formula is C18H26O6. The minimum Gasteiger partial charge on any atom is -0.394 e. The quantitative estimate of drug-likeness (QED) is 0.660. The van der Waals surface area contributed by atoms with Crippen molar-refractivity contribution in [2.24, 2.45) is 0 Å². The average molecular weight is 338 g/mol. The zero-order valence-electron chi connectivity index (χ0n) is 13.9. The molecule has 24 heavy (non-hydrogen) atoms. The lowest BCUT2D eigenvalue weighted by atomic mass is 9.98. The molecule has 1 aliphatic rings. The fourth-order valence-corrected chi connectivity index (χ4v) is 2.65. The number of ether oxygens (including phenoxy) is 4. The number of rotatable bonds is 9. The molecule has 1 aliphatic heterocycles. The smallest absolute Gasteiger partial charge is 0.186 e. The molecule has 1 fully saturated rings. The van der Waals surface area contributed by atoms with Gasteiger partial charge in [0, 0.05) is 6.61 Å². The zero-order chi connectivity index (χ0) is 17.4. The van der Waals surface area contributed by atoms with E-state index in [2.05, 4.69) is 6.58 Å². The third-order valence-corrected chi connectivity index (χ3v) is 3.82. The van der Waals surface area contributed by atoms with Crippen molar-refractivity contribution in [2.75, 3.05) is 19.8 Å². The molecule has 2 N–H and O–H groups in total. The Morgan fingerprint density at radius 3 is 2.54 bits per heavy atom. The summed E-state index contributed by atoms with van der Waals surface area (Å²) < 4.78 is 22.8. The van der Waals surface area contributed by atoms with Crippen molar-refractivity contribution in [3.8, 4) is 0 Å². The van der Waals surface area contributed by atoms with Crippen molar-refractivity contribution >= 4 is 0 Å². The van der Waals surface area contributed by atoms with E-state index in [4.69, 9.17) is 18.9 Å². The number of aliphatic hydroxyl groups is 2. The van der Waals surface area contributed by atoms with Crippen LogP contribution in [0.5, 0.6) is 0 Å². The Kier molecular flexibility index (Phi) is 7.84. The fraction of sp³-hybridized carbons (Fsp3) is 0.556. The maximum atomic E-state index is 10.5. The molecular weight excluding hydrogens is 312 g/mol. The van der Waals surface area contributed by atoms with E-state index in [9.17, 15) is 10.2 Å². The second-order valence-corrected chi connectivity index (χ2v) is 5.52. The summed E-state index contributed by atoms with van der Waals surface area (Å²) in [4.78, 5) is 0. The van der Waals surface area contributed by atoms with Crippen LogP contribution in [0.25, 0.3) is 0 Å². The molecule has 134 valence electrons. The molecule has 1 heterocycles. The molecule has 2 rings (SSSR count). The van der Waals surface area contributed by atoms with Gasteiger partial charge in [0.2, 0.25) is 0 Å². The van der Waals surface area contributed by atoms with Gasteiger partial charge in [0.15, 0.2) is 6.29 Å². The van der Waals surface area contributed by atoms with Gasteiger partial charge in [-0.1, -0.05) is 36.4 Å². The summed E-state index contributed by atoms with van der Waals surface area (Å²) in [5.74, 6) is 0. The first-order chi connectivity index (χ1) is 11.7. The average Bonchev–Trinajstić information content (AvgIpc) is 2.61. The molecule has 0 spiro atoms. The van der Waals surface area contributed by atoms with Gasteiger partial charge in [0.25, 0.3) is 0 Å². The monoisotopic (exact) mass is 338 g/mol. The van der Waals surface area contributed by atoms with Crippen LogP contribution in [0.1, 0.15) is 12.5 Å². The van der Waals surface area contributed by atoms with Crippen molar-refractivity contribution < 1.29 is 29.2 Å². The van der Waals surface area contributed by atoms with Crippen molar-refractivity contribution in [3.63, 3.8) is 0 Å². The van der Waals surface area contributed by atoms with Crippen LogP contribution in [0.2, 0.25) is 0 Å². The minimum absolute atomic E-state index is 0.277. The molecule has 1 aromatic carbocycles. The van der Waals surface area contributed by atoms with E-state index in [1.54, 1.807) is 6.08 Å². The summed E-state index contributed by atoms with van der Waals surface area (Å²) in [6, 6.07) is 9.65. The summed E-state index contributed by atoms with van der Waals surface area (Å²) in [6.07, 6.45) is -2.23. The standard InChI is InChI=1S/C18H26O6/c1-3-10-22-17-16(23-12-13-8-6-5-7-9-13)15(20)14(11-19)24-18(17)21-4-2/h3,5-9,14-20H,1,4,10-12H2,2H3/t14-,15-,16+,17-,18+/m1/s1. The van der Waals surface area contributed by atoms with Crippen LogP contribution in [-0.4, -0.2) is 60.7 Å². The first-order valence-electron chi connectivity index (χ1n) is 8.15. The second-order valence-electron chi connectivity index (χ2n) is 5.52.